The molecule has 0 radical (unpaired) electrons. The monoisotopic (exact) mass is 196 g/mol. The lowest BCUT2D eigenvalue weighted by molar-refractivity contribution is 0.289. The van der Waals surface area contributed by atoms with Crippen molar-refractivity contribution >= 4 is 0 Å². The Labute approximate surface area is 83.4 Å². The minimum Gasteiger partial charge on any atom is -0.467 e. The van der Waals surface area contributed by atoms with Crippen LogP contribution in [0.15, 0.2) is 4.42 Å². The summed E-state index contributed by atoms with van der Waals surface area (Å²) in [5.41, 5.74) is 6.85. The summed E-state index contributed by atoms with van der Waals surface area (Å²) in [6, 6.07) is 0. The van der Waals surface area contributed by atoms with Gasteiger partial charge in [-0.25, -0.2) is 4.98 Å². The number of ether oxygens (including phenoxy) is 1. The molecule has 1 aliphatic carbocycles. The Hall–Kier alpha value is -1.03. The highest BCUT2D eigenvalue weighted by atomic mass is 16.6. The van der Waals surface area contributed by atoms with Crippen LogP contribution in [0, 0.1) is 6.92 Å². The van der Waals surface area contributed by atoms with Gasteiger partial charge in [-0.05, 0) is 26.2 Å². The zero-order chi connectivity index (χ0) is 10.2. The van der Waals surface area contributed by atoms with Crippen molar-refractivity contribution in [3.8, 4) is 5.95 Å². The lowest BCUT2D eigenvalue weighted by Crippen LogP contribution is -2.22. The van der Waals surface area contributed by atoms with Crippen LogP contribution in [0.4, 0.5) is 0 Å². The molecule has 1 aromatic heterocycles. The Balaban J connectivity index is 1.95. The molecule has 1 fully saturated rings. The van der Waals surface area contributed by atoms with Gasteiger partial charge in [-0.2, -0.15) is 0 Å². The van der Waals surface area contributed by atoms with E-state index >= 15 is 0 Å². The third-order valence-corrected chi connectivity index (χ3v) is 2.71. The number of nitrogens with zero attached hydrogens (tertiary/aromatic N) is 1. The van der Waals surface area contributed by atoms with Gasteiger partial charge in [0.05, 0.1) is 7.11 Å². The van der Waals surface area contributed by atoms with Gasteiger partial charge in [0, 0.05) is 12.0 Å². The molecule has 0 atom stereocenters. The van der Waals surface area contributed by atoms with Crippen LogP contribution in [-0.2, 0) is 6.42 Å². The summed E-state index contributed by atoms with van der Waals surface area (Å²) in [5, 5.41) is 0. The molecule has 0 saturated heterocycles. The fourth-order valence-electron chi connectivity index (χ4n) is 1.50. The van der Waals surface area contributed by atoms with E-state index in [1.165, 1.54) is 0 Å². The standard InChI is InChI=1S/C10H16N2O2/c1-7-9(13-2)14-8(12-7)3-4-10(11)5-6-10/h3-6,11H2,1-2H3. The van der Waals surface area contributed by atoms with Gasteiger partial charge in [-0.1, -0.05) is 0 Å². The molecule has 0 amide bonds. The van der Waals surface area contributed by atoms with Gasteiger partial charge in [0.1, 0.15) is 5.69 Å². The second-order valence-corrected chi connectivity index (χ2v) is 4.05. The molecule has 0 bridgehead atoms. The van der Waals surface area contributed by atoms with Gasteiger partial charge < -0.3 is 14.9 Å². The van der Waals surface area contributed by atoms with Crippen molar-refractivity contribution in [1.82, 2.24) is 4.98 Å². The molecule has 4 heteroatoms. The van der Waals surface area contributed by atoms with E-state index in [0.29, 0.717) is 5.95 Å². The number of oxazole rings is 1. The van der Waals surface area contributed by atoms with E-state index in [2.05, 4.69) is 4.98 Å². The second-order valence-electron chi connectivity index (χ2n) is 4.05. The van der Waals surface area contributed by atoms with Crippen molar-refractivity contribution in [2.75, 3.05) is 7.11 Å². The van der Waals surface area contributed by atoms with E-state index in [0.717, 1.165) is 37.3 Å². The van der Waals surface area contributed by atoms with Crippen molar-refractivity contribution in [1.29, 1.82) is 0 Å². The van der Waals surface area contributed by atoms with E-state index in [-0.39, 0.29) is 5.54 Å². The third-order valence-electron chi connectivity index (χ3n) is 2.71. The smallest absolute Gasteiger partial charge is 0.307 e. The number of nitrogens with two attached hydrogens (primary N) is 1. The Morgan fingerprint density at radius 3 is 2.79 bits per heavy atom. The fourth-order valence-corrected chi connectivity index (χ4v) is 1.50. The normalized spacial score (nSPS) is 18.2. The van der Waals surface area contributed by atoms with E-state index in [4.69, 9.17) is 14.9 Å². The highest BCUT2D eigenvalue weighted by molar-refractivity contribution is 5.14. The average molecular weight is 196 g/mol. The van der Waals surface area contributed by atoms with Gasteiger partial charge in [0.2, 0.25) is 0 Å². The van der Waals surface area contributed by atoms with Crippen molar-refractivity contribution < 1.29 is 9.15 Å². The summed E-state index contributed by atoms with van der Waals surface area (Å²) >= 11 is 0. The number of aryl methyl sites for hydroxylation is 2. The first kappa shape index (κ1) is 9.52. The topological polar surface area (TPSA) is 61.3 Å². The number of methoxy groups -OCH3 is 1. The van der Waals surface area contributed by atoms with Crippen LogP contribution in [0.2, 0.25) is 0 Å². The third kappa shape index (κ3) is 1.90. The predicted molar refractivity (Wildman–Crippen MR) is 52.3 cm³/mol. The lowest BCUT2D eigenvalue weighted by atomic mass is 10.1. The van der Waals surface area contributed by atoms with Gasteiger partial charge in [0.25, 0.3) is 0 Å². The molecule has 0 unspecified atom stereocenters. The van der Waals surface area contributed by atoms with E-state index in [1.54, 1.807) is 7.11 Å². The molecule has 4 nitrogen and oxygen atoms in total. The molecule has 1 heterocycles. The van der Waals surface area contributed by atoms with E-state index in [9.17, 15) is 0 Å². The number of hydrogen-bond acceptors (Lipinski definition) is 4. The maximum atomic E-state index is 5.97. The molecular formula is C10H16N2O2. The maximum Gasteiger partial charge on any atom is 0.307 e. The van der Waals surface area contributed by atoms with E-state index in [1.807, 2.05) is 6.92 Å². The molecule has 78 valence electrons. The molecule has 0 spiro atoms. The van der Waals surface area contributed by atoms with Crippen molar-refractivity contribution in [3.05, 3.63) is 11.6 Å². The average Bonchev–Trinajstić information content (AvgIpc) is 2.77. The lowest BCUT2D eigenvalue weighted by Gasteiger charge is -2.04. The van der Waals surface area contributed by atoms with Gasteiger partial charge in [-0.3, -0.25) is 0 Å². The largest absolute Gasteiger partial charge is 0.467 e. The van der Waals surface area contributed by atoms with Crippen LogP contribution in [-0.4, -0.2) is 17.6 Å². The Bertz CT molecular complexity index is 329. The highest BCUT2D eigenvalue weighted by Gasteiger charge is 2.37. The fraction of sp³-hybridized carbons (Fsp3) is 0.700. The number of rotatable bonds is 4. The zero-order valence-electron chi connectivity index (χ0n) is 8.67. The Morgan fingerprint density at radius 2 is 2.29 bits per heavy atom. The first-order valence-corrected chi connectivity index (χ1v) is 4.92. The summed E-state index contributed by atoms with van der Waals surface area (Å²) in [4.78, 5) is 4.27. The number of aromatic nitrogens is 1. The number of hydrogen-bond donors (Lipinski definition) is 1. The van der Waals surface area contributed by atoms with E-state index < -0.39 is 0 Å². The maximum absolute atomic E-state index is 5.97. The molecule has 1 saturated carbocycles. The molecule has 2 rings (SSSR count). The summed E-state index contributed by atoms with van der Waals surface area (Å²) in [7, 11) is 1.59. The Morgan fingerprint density at radius 1 is 1.57 bits per heavy atom. The summed E-state index contributed by atoms with van der Waals surface area (Å²) in [6.45, 7) is 1.88. The minimum atomic E-state index is 0.0651. The van der Waals surface area contributed by atoms with Crippen LogP contribution in [0.5, 0.6) is 5.95 Å². The van der Waals surface area contributed by atoms with Crippen molar-refractivity contribution in [2.24, 2.45) is 5.73 Å². The van der Waals surface area contributed by atoms with Gasteiger partial charge in [-0.15, -0.1) is 0 Å². The zero-order valence-corrected chi connectivity index (χ0v) is 8.67. The summed E-state index contributed by atoms with van der Waals surface area (Å²) in [6.07, 6.45) is 4.02. The van der Waals surface area contributed by atoms with Crippen molar-refractivity contribution in [2.45, 2.75) is 38.1 Å². The first-order valence-electron chi connectivity index (χ1n) is 4.92. The second kappa shape index (κ2) is 3.28. The summed E-state index contributed by atoms with van der Waals surface area (Å²) < 4.78 is 10.4. The van der Waals surface area contributed by atoms with Gasteiger partial charge in [0.15, 0.2) is 5.89 Å². The van der Waals surface area contributed by atoms with Crippen LogP contribution < -0.4 is 10.5 Å². The SMILES string of the molecule is COc1oc(CCC2(N)CC2)nc1C. The van der Waals surface area contributed by atoms with Crippen LogP contribution in [0.1, 0.15) is 30.8 Å². The van der Waals surface area contributed by atoms with Crippen molar-refractivity contribution in [3.63, 3.8) is 0 Å². The molecule has 14 heavy (non-hydrogen) atoms. The van der Waals surface area contributed by atoms with Crippen LogP contribution in [0.25, 0.3) is 0 Å². The molecule has 0 aromatic carbocycles. The first-order chi connectivity index (χ1) is 6.63. The van der Waals surface area contributed by atoms with Gasteiger partial charge >= 0.3 is 5.95 Å². The highest BCUT2D eigenvalue weighted by Crippen LogP contribution is 2.36. The Kier molecular flexibility index (Phi) is 2.23. The summed E-state index contributed by atoms with van der Waals surface area (Å²) in [5.74, 6) is 1.25. The van der Waals surface area contributed by atoms with Crippen LogP contribution in [0.3, 0.4) is 0 Å². The molecule has 0 aliphatic heterocycles. The van der Waals surface area contributed by atoms with Crippen LogP contribution >= 0.6 is 0 Å². The quantitative estimate of drug-likeness (QED) is 0.791. The molecule has 1 aromatic rings. The minimum absolute atomic E-state index is 0.0651. The molecule has 1 aliphatic rings. The molecular weight excluding hydrogens is 180 g/mol. The molecule has 2 N–H and O–H groups in total. The predicted octanol–water partition coefficient (Wildman–Crippen LogP) is 1.42.